The van der Waals surface area contributed by atoms with Crippen LogP contribution in [0.5, 0.6) is 5.75 Å². The maximum Gasteiger partial charge on any atom is 0.416 e. The number of halogens is 3. The number of anilines is 2. The van der Waals surface area contributed by atoms with Gasteiger partial charge in [0, 0.05) is 42.5 Å². The fourth-order valence-corrected chi connectivity index (χ4v) is 4.55. The predicted octanol–water partition coefficient (Wildman–Crippen LogP) is 5.41. The number of benzene rings is 2. The first-order chi connectivity index (χ1) is 17.1. The molecule has 2 aromatic carbocycles. The molecule has 3 amide bonds. The van der Waals surface area contributed by atoms with E-state index in [1.54, 1.807) is 18.2 Å². The SMILES string of the molecule is CCC1(CC)CC(=CC(=O)Nc2ccc3c(c2)NC(=O)N(CCO)C3)c2ccc(C(F)(F)F)cc2O1. The van der Waals surface area contributed by atoms with Crippen molar-refractivity contribution < 1.29 is 32.6 Å². The molecule has 0 aliphatic carbocycles. The number of hydrogen-bond acceptors (Lipinski definition) is 4. The zero-order valence-corrected chi connectivity index (χ0v) is 20.0. The van der Waals surface area contributed by atoms with Gasteiger partial charge in [0.05, 0.1) is 12.2 Å². The summed E-state index contributed by atoms with van der Waals surface area (Å²) in [6, 6.07) is 8.13. The van der Waals surface area contributed by atoms with E-state index < -0.39 is 23.2 Å². The van der Waals surface area contributed by atoms with Gasteiger partial charge in [-0.3, -0.25) is 4.79 Å². The molecule has 2 aliphatic heterocycles. The van der Waals surface area contributed by atoms with Crippen LogP contribution >= 0.6 is 0 Å². The van der Waals surface area contributed by atoms with Gasteiger partial charge in [-0.1, -0.05) is 26.0 Å². The fourth-order valence-electron chi connectivity index (χ4n) is 4.55. The molecule has 0 bridgehead atoms. The Bertz CT molecular complexity index is 1210. The third-order valence-electron chi connectivity index (χ3n) is 6.73. The van der Waals surface area contributed by atoms with Crippen molar-refractivity contribution in [3.05, 3.63) is 59.2 Å². The van der Waals surface area contributed by atoms with Gasteiger partial charge in [-0.05, 0) is 48.2 Å². The number of nitrogens with one attached hydrogen (secondary N) is 2. The van der Waals surface area contributed by atoms with Gasteiger partial charge in [0.2, 0.25) is 5.91 Å². The fraction of sp³-hybridized carbons (Fsp3) is 0.385. The van der Waals surface area contributed by atoms with E-state index in [-0.39, 0.29) is 24.9 Å². The van der Waals surface area contributed by atoms with E-state index in [1.165, 1.54) is 17.0 Å². The van der Waals surface area contributed by atoms with Gasteiger partial charge in [0.25, 0.3) is 0 Å². The first kappa shape index (κ1) is 25.6. The van der Waals surface area contributed by atoms with E-state index in [9.17, 15) is 22.8 Å². The molecular formula is C26H28F3N3O4. The second-order valence-corrected chi connectivity index (χ2v) is 8.98. The first-order valence-electron chi connectivity index (χ1n) is 11.8. The molecule has 36 heavy (non-hydrogen) atoms. The van der Waals surface area contributed by atoms with Crippen molar-refractivity contribution in [2.75, 3.05) is 23.8 Å². The van der Waals surface area contributed by atoms with E-state index in [0.29, 0.717) is 48.3 Å². The van der Waals surface area contributed by atoms with Gasteiger partial charge in [-0.2, -0.15) is 13.2 Å². The summed E-state index contributed by atoms with van der Waals surface area (Å²) in [5, 5.41) is 14.6. The van der Waals surface area contributed by atoms with Gasteiger partial charge >= 0.3 is 12.2 Å². The highest BCUT2D eigenvalue weighted by atomic mass is 19.4. The number of amides is 3. The molecule has 7 nitrogen and oxygen atoms in total. The summed E-state index contributed by atoms with van der Waals surface area (Å²) >= 11 is 0. The summed E-state index contributed by atoms with van der Waals surface area (Å²) in [4.78, 5) is 26.6. The molecule has 0 saturated heterocycles. The van der Waals surface area contributed by atoms with Crippen molar-refractivity contribution in [3.63, 3.8) is 0 Å². The van der Waals surface area contributed by atoms with Crippen LogP contribution < -0.4 is 15.4 Å². The molecule has 4 rings (SSSR count). The van der Waals surface area contributed by atoms with Gasteiger partial charge in [-0.25, -0.2) is 4.79 Å². The molecule has 3 N–H and O–H groups in total. The Morgan fingerprint density at radius 3 is 2.64 bits per heavy atom. The van der Waals surface area contributed by atoms with Gasteiger partial charge in [-0.15, -0.1) is 0 Å². The minimum absolute atomic E-state index is 0.114. The molecule has 2 aromatic rings. The standard InChI is InChI=1S/C26H28F3N3O4/c1-3-25(4-2)14-17(20-8-6-18(26(27,28)29)12-22(20)36-25)11-23(34)30-19-7-5-16-15-32(9-10-33)24(35)31-21(16)13-19/h5-8,11-13,33H,3-4,9-10,14-15H2,1-2H3,(H,30,34)(H,31,35). The Kier molecular flexibility index (Phi) is 6.99. The predicted molar refractivity (Wildman–Crippen MR) is 130 cm³/mol. The molecule has 0 saturated carbocycles. The smallest absolute Gasteiger partial charge is 0.416 e. The number of hydrogen-bond donors (Lipinski definition) is 3. The minimum atomic E-state index is -4.50. The highest BCUT2D eigenvalue weighted by molar-refractivity contribution is 6.05. The Hall–Kier alpha value is -3.53. The molecule has 0 spiro atoms. The van der Waals surface area contributed by atoms with Gasteiger partial charge < -0.3 is 25.4 Å². The maximum atomic E-state index is 13.3. The second-order valence-electron chi connectivity index (χ2n) is 8.98. The summed E-state index contributed by atoms with van der Waals surface area (Å²) in [6.07, 6.45) is -1.59. The molecule has 0 atom stereocenters. The first-order valence-corrected chi connectivity index (χ1v) is 11.8. The number of carbonyl (C=O) groups is 2. The van der Waals surface area contributed by atoms with Crippen LogP contribution in [0.2, 0.25) is 0 Å². The van der Waals surface area contributed by atoms with Crippen LogP contribution in [0.15, 0.2) is 42.5 Å². The summed E-state index contributed by atoms with van der Waals surface area (Å²) < 4.78 is 45.9. The summed E-state index contributed by atoms with van der Waals surface area (Å²) in [7, 11) is 0. The van der Waals surface area contributed by atoms with Crippen LogP contribution in [0.1, 0.15) is 49.8 Å². The molecule has 10 heteroatoms. The van der Waals surface area contributed by atoms with Gasteiger partial charge in [0.1, 0.15) is 11.4 Å². The normalized spacial score (nSPS) is 17.7. The van der Waals surface area contributed by atoms with Crippen molar-refractivity contribution in [1.29, 1.82) is 0 Å². The molecule has 0 fully saturated rings. The lowest BCUT2D eigenvalue weighted by Crippen LogP contribution is -2.40. The number of nitrogens with zero attached hydrogens (tertiary/aromatic N) is 1. The molecular weight excluding hydrogens is 475 g/mol. The lowest BCUT2D eigenvalue weighted by Gasteiger charge is -2.39. The summed E-state index contributed by atoms with van der Waals surface area (Å²) in [6.45, 7) is 4.22. The van der Waals surface area contributed by atoms with E-state index in [0.717, 1.165) is 17.7 Å². The number of ether oxygens (including phenoxy) is 1. The van der Waals surface area contributed by atoms with Crippen molar-refractivity contribution in [3.8, 4) is 5.75 Å². The van der Waals surface area contributed by atoms with Gasteiger partial charge in [0.15, 0.2) is 0 Å². The number of carbonyl (C=O) groups excluding carboxylic acids is 2. The molecule has 2 heterocycles. The van der Waals surface area contributed by atoms with Crippen molar-refractivity contribution >= 4 is 28.9 Å². The second kappa shape index (κ2) is 9.85. The van der Waals surface area contributed by atoms with Crippen molar-refractivity contribution in [1.82, 2.24) is 4.90 Å². The zero-order chi connectivity index (χ0) is 26.1. The lowest BCUT2D eigenvalue weighted by molar-refractivity contribution is -0.137. The number of urea groups is 1. The van der Waals surface area contributed by atoms with E-state index in [2.05, 4.69) is 10.6 Å². The number of aliphatic hydroxyl groups excluding tert-OH is 1. The average Bonchev–Trinajstić information content (AvgIpc) is 2.83. The van der Waals surface area contributed by atoms with Crippen molar-refractivity contribution in [2.24, 2.45) is 0 Å². The van der Waals surface area contributed by atoms with Crippen LogP contribution in [0.3, 0.4) is 0 Å². The van der Waals surface area contributed by atoms with E-state index >= 15 is 0 Å². The highest BCUT2D eigenvalue weighted by Crippen LogP contribution is 2.45. The van der Waals surface area contributed by atoms with Crippen LogP contribution in [-0.4, -0.2) is 40.7 Å². The maximum absolute atomic E-state index is 13.3. The zero-order valence-electron chi connectivity index (χ0n) is 20.0. The Morgan fingerprint density at radius 2 is 1.97 bits per heavy atom. The van der Waals surface area contributed by atoms with Crippen LogP contribution in [0.25, 0.3) is 5.57 Å². The third-order valence-corrected chi connectivity index (χ3v) is 6.73. The topological polar surface area (TPSA) is 90.9 Å². The van der Waals surface area contributed by atoms with Crippen LogP contribution in [-0.2, 0) is 17.5 Å². The molecule has 0 unspecified atom stereocenters. The quantitative estimate of drug-likeness (QED) is 0.460. The number of rotatable bonds is 6. The monoisotopic (exact) mass is 503 g/mol. The lowest BCUT2D eigenvalue weighted by atomic mass is 9.83. The molecule has 0 aromatic heterocycles. The largest absolute Gasteiger partial charge is 0.486 e. The van der Waals surface area contributed by atoms with Crippen LogP contribution in [0.4, 0.5) is 29.3 Å². The van der Waals surface area contributed by atoms with E-state index in [1.807, 2.05) is 13.8 Å². The molecule has 0 radical (unpaired) electrons. The van der Waals surface area contributed by atoms with Crippen molar-refractivity contribution in [2.45, 2.75) is 51.4 Å². The average molecular weight is 504 g/mol. The number of fused-ring (bicyclic) bond motifs is 2. The number of β-amino-alcohol motifs (C(OH)–C–C–N with tert-alkyl or cyclic N) is 1. The summed E-state index contributed by atoms with van der Waals surface area (Å²) in [5.41, 5.74) is 1.40. The Labute approximate surface area is 206 Å². The number of alkyl halides is 3. The minimum Gasteiger partial charge on any atom is -0.486 e. The Morgan fingerprint density at radius 1 is 1.22 bits per heavy atom. The summed E-state index contributed by atoms with van der Waals surface area (Å²) in [5.74, 6) is -0.328. The Balaban J connectivity index is 1.60. The third kappa shape index (κ3) is 5.18. The van der Waals surface area contributed by atoms with E-state index in [4.69, 9.17) is 9.84 Å². The number of aliphatic hydroxyl groups is 1. The molecule has 2 aliphatic rings. The highest BCUT2D eigenvalue weighted by Gasteiger charge is 2.38. The van der Waals surface area contributed by atoms with Crippen LogP contribution in [0, 0.1) is 0 Å². The molecule has 192 valence electrons.